The third-order valence-electron chi connectivity index (χ3n) is 3.78. The van der Waals surface area contributed by atoms with Gasteiger partial charge in [0.2, 0.25) is 11.8 Å². The number of ether oxygens (including phenoxy) is 1. The van der Waals surface area contributed by atoms with E-state index >= 15 is 0 Å². The maximum Gasteiger partial charge on any atom is 0.416 e. The maximum absolute atomic E-state index is 12.7. The molecule has 0 bridgehead atoms. The largest absolute Gasteiger partial charge is 0.466 e. The molecule has 136 valence electrons. The fourth-order valence-corrected chi connectivity index (χ4v) is 2.59. The quantitative estimate of drug-likeness (QED) is 0.315. The molecule has 0 radical (unpaired) electrons. The lowest BCUT2D eigenvalue weighted by atomic mass is 10.2. The van der Waals surface area contributed by atoms with E-state index in [0.717, 1.165) is 18.2 Å². The van der Waals surface area contributed by atoms with Crippen LogP contribution >= 0.6 is 0 Å². The number of carbonyl (C=O) groups excluding carboxylic acids is 3. The lowest BCUT2D eigenvalue weighted by Crippen LogP contribution is -2.33. The summed E-state index contributed by atoms with van der Waals surface area (Å²) in [4.78, 5) is 35.8. The van der Waals surface area contributed by atoms with Crippen molar-refractivity contribution in [2.45, 2.75) is 13.1 Å². The second-order valence-electron chi connectivity index (χ2n) is 5.41. The molecule has 0 spiro atoms. The van der Waals surface area contributed by atoms with Crippen LogP contribution in [0, 0.1) is 17.8 Å². The van der Waals surface area contributed by atoms with E-state index in [0.29, 0.717) is 0 Å². The average Bonchev–Trinajstić information content (AvgIpc) is 3.29. The van der Waals surface area contributed by atoms with Crippen molar-refractivity contribution in [2.24, 2.45) is 23.6 Å². The molecule has 2 rings (SSSR count). The van der Waals surface area contributed by atoms with Gasteiger partial charge in [0.15, 0.2) is 0 Å². The van der Waals surface area contributed by atoms with Crippen molar-refractivity contribution in [1.82, 2.24) is 5.43 Å². The van der Waals surface area contributed by atoms with Gasteiger partial charge in [-0.1, -0.05) is 6.07 Å². The van der Waals surface area contributed by atoms with Crippen LogP contribution in [0.5, 0.6) is 0 Å². The van der Waals surface area contributed by atoms with E-state index in [1.54, 1.807) is 6.92 Å². The van der Waals surface area contributed by atoms with E-state index in [-0.39, 0.29) is 12.3 Å². The number of rotatable bonds is 5. The van der Waals surface area contributed by atoms with Gasteiger partial charge in [-0.3, -0.25) is 19.8 Å². The van der Waals surface area contributed by atoms with E-state index in [1.807, 2.05) is 5.43 Å². The molecule has 1 aliphatic carbocycles. The summed E-state index contributed by atoms with van der Waals surface area (Å²) in [7, 11) is 0. The smallest absolute Gasteiger partial charge is 0.416 e. The van der Waals surface area contributed by atoms with E-state index in [1.165, 1.54) is 6.07 Å². The summed E-state index contributed by atoms with van der Waals surface area (Å²) in [5.41, 5.74) is 0.829. The number of benzene rings is 1. The van der Waals surface area contributed by atoms with Crippen LogP contribution in [0.3, 0.4) is 0 Å². The third-order valence-corrected chi connectivity index (χ3v) is 3.78. The van der Waals surface area contributed by atoms with Gasteiger partial charge in [0.05, 0.1) is 29.9 Å². The number of hydrazine groups is 1. The minimum Gasteiger partial charge on any atom is -0.466 e. The van der Waals surface area contributed by atoms with Gasteiger partial charge in [-0.15, -0.1) is 0 Å². The van der Waals surface area contributed by atoms with Crippen LogP contribution in [0.1, 0.15) is 12.5 Å². The minimum absolute atomic E-state index is 0.0638. The van der Waals surface area contributed by atoms with Crippen LogP contribution in [0.2, 0.25) is 0 Å². The molecule has 2 amide bonds. The van der Waals surface area contributed by atoms with Gasteiger partial charge >= 0.3 is 12.1 Å². The third kappa shape index (κ3) is 4.08. The van der Waals surface area contributed by atoms with Crippen molar-refractivity contribution in [3.05, 3.63) is 29.8 Å². The van der Waals surface area contributed by atoms with Crippen molar-refractivity contribution in [3.63, 3.8) is 0 Å². The van der Waals surface area contributed by atoms with Crippen LogP contribution in [-0.4, -0.2) is 24.4 Å². The van der Waals surface area contributed by atoms with Crippen LogP contribution in [0.25, 0.3) is 0 Å². The second-order valence-corrected chi connectivity index (χ2v) is 5.41. The number of esters is 1. The molecule has 1 aliphatic rings. The molecular weight excluding hydrogens is 343 g/mol. The van der Waals surface area contributed by atoms with Gasteiger partial charge in [0.25, 0.3) is 0 Å². The maximum atomic E-state index is 12.7. The highest BCUT2D eigenvalue weighted by molar-refractivity contribution is 6.05. The molecule has 0 unspecified atom stereocenters. The molecule has 7 nitrogen and oxygen atoms in total. The fraction of sp³-hybridized carbons (Fsp3) is 0.400. The van der Waals surface area contributed by atoms with Crippen LogP contribution in [-0.2, 0) is 25.3 Å². The molecule has 4 N–H and O–H groups in total. The molecule has 0 heterocycles. The number of hydrogen-bond acceptors (Lipinski definition) is 5. The molecule has 1 aromatic carbocycles. The SMILES string of the molecule is CCOC(=O)[C@@H]1[C@@H](C(=O)NN)[C@@H]1C(=O)Nc1cccc(C(F)(F)F)c1. The Bertz CT molecular complexity index is 693. The standard InChI is InChI=1S/C15H16F3N3O4/c1-2-25-14(24)11-9(10(11)13(23)21-19)12(22)20-8-5-3-4-7(6-8)15(16,17)18/h3-6,9-11H,2,19H2,1H3,(H,20,22)(H,21,23)/t9-,10-,11-/m0/s1. The number of nitrogens with one attached hydrogen (secondary N) is 2. The van der Waals surface area contributed by atoms with Crippen molar-refractivity contribution in [3.8, 4) is 0 Å². The first-order valence-electron chi connectivity index (χ1n) is 7.36. The summed E-state index contributed by atoms with van der Waals surface area (Å²) in [5.74, 6) is -0.287. The first kappa shape index (κ1) is 18.7. The van der Waals surface area contributed by atoms with E-state index in [4.69, 9.17) is 10.6 Å². The van der Waals surface area contributed by atoms with E-state index in [9.17, 15) is 27.6 Å². The first-order valence-corrected chi connectivity index (χ1v) is 7.36. The zero-order valence-electron chi connectivity index (χ0n) is 13.1. The molecule has 3 atom stereocenters. The van der Waals surface area contributed by atoms with Gasteiger partial charge < -0.3 is 10.1 Å². The Balaban J connectivity index is 2.14. The molecule has 1 aromatic rings. The predicted octanol–water partition coefficient (Wildman–Crippen LogP) is 1.06. The molecule has 0 aromatic heterocycles. The highest BCUT2D eigenvalue weighted by Crippen LogP contribution is 2.48. The van der Waals surface area contributed by atoms with Crippen LogP contribution in [0.4, 0.5) is 18.9 Å². The summed E-state index contributed by atoms with van der Waals surface area (Å²) < 4.78 is 42.9. The molecule has 0 saturated heterocycles. The van der Waals surface area contributed by atoms with Crippen molar-refractivity contribution in [2.75, 3.05) is 11.9 Å². The Morgan fingerprint density at radius 3 is 2.36 bits per heavy atom. The van der Waals surface area contributed by atoms with Crippen molar-refractivity contribution >= 4 is 23.5 Å². The number of anilines is 1. The summed E-state index contributed by atoms with van der Waals surface area (Å²) in [6, 6.07) is 4.03. The van der Waals surface area contributed by atoms with Crippen LogP contribution in [0.15, 0.2) is 24.3 Å². The Morgan fingerprint density at radius 1 is 1.16 bits per heavy atom. The molecule has 0 aliphatic heterocycles. The average molecular weight is 359 g/mol. The Kier molecular flexibility index (Phi) is 5.31. The van der Waals surface area contributed by atoms with E-state index < -0.39 is 47.3 Å². The highest BCUT2D eigenvalue weighted by atomic mass is 19.4. The number of carbonyl (C=O) groups is 3. The lowest BCUT2D eigenvalue weighted by molar-refractivity contribution is -0.146. The zero-order valence-corrected chi connectivity index (χ0v) is 13.1. The summed E-state index contributed by atoms with van der Waals surface area (Å²) >= 11 is 0. The van der Waals surface area contributed by atoms with Crippen molar-refractivity contribution in [1.29, 1.82) is 0 Å². The first-order chi connectivity index (χ1) is 11.7. The molecular formula is C15H16F3N3O4. The minimum atomic E-state index is -4.56. The molecule has 25 heavy (non-hydrogen) atoms. The monoisotopic (exact) mass is 359 g/mol. The Hall–Kier alpha value is -2.62. The predicted molar refractivity (Wildman–Crippen MR) is 79.5 cm³/mol. The summed E-state index contributed by atoms with van der Waals surface area (Å²) in [6.07, 6.45) is -4.56. The fourth-order valence-electron chi connectivity index (χ4n) is 2.59. The van der Waals surface area contributed by atoms with Gasteiger partial charge in [-0.05, 0) is 25.1 Å². The van der Waals surface area contributed by atoms with Gasteiger partial charge in [0, 0.05) is 5.69 Å². The number of amides is 2. The topological polar surface area (TPSA) is 111 Å². The van der Waals surface area contributed by atoms with Crippen LogP contribution < -0.4 is 16.6 Å². The second kappa shape index (κ2) is 7.09. The number of halogens is 3. The Labute approximate surface area is 140 Å². The lowest BCUT2D eigenvalue weighted by Gasteiger charge is -2.10. The van der Waals surface area contributed by atoms with Crippen molar-refractivity contribution < 1.29 is 32.3 Å². The van der Waals surface area contributed by atoms with Gasteiger partial charge in [-0.2, -0.15) is 13.2 Å². The molecule has 1 fully saturated rings. The highest BCUT2D eigenvalue weighted by Gasteiger charge is 2.63. The number of alkyl halides is 3. The zero-order chi connectivity index (χ0) is 18.8. The van der Waals surface area contributed by atoms with Gasteiger partial charge in [-0.25, -0.2) is 5.84 Å². The van der Waals surface area contributed by atoms with E-state index in [2.05, 4.69) is 5.32 Å². The summed E-state index contributed by atoms with van der Waals surface area (Å²) in [6.45, 7) is 1.63. The molecule has 1 saturated carbocycles. The Morgan fingerprint density at radius 2 is 1.80 bits per heavy atom. The number of hydrogen-bond donors (Lipinski definition) is 3. The molecule has 10 heteroatoms. The number of nitrogens with two attached hydrogens (primary N) is 1. The van der Waals surface area contributed by atoms with Gasteiger partial charge in [0.1, 0.15) is 0 Å². The summed E-state index contributed by atoms with van der Waals surface area (Å²) in [5, 5.41) is 2.28. The normalized spacial score (nSPS) is 22.0.